The molecule has 0 fully saturated rings. The van der Waals surface area contributed by atoms with Crippen LogP contribution in [-0.2, 0) is 19.1 Å². The molecule has 0 aromatic heterocycles. The highest BCUT2D eigenvalue weighted by atomic mass is 16.6. The minimum atomic E-state index is -0.643. The molecule has 0 saturated heterocycles. The summed E-state index contributed by atoms with van der Waals surface area (Å²) in [7, 11) is 4.66. The maximum Gasteiger partial charge on any atom is 0.336 e. The topological polar surface area (TPSA) is 83.1 Å². The molecule has 2 aromatic rings. The minimum Gasteiger partial charge on any atom is -0.493 e. The molecule has 0 radical (unpaired) electrons. The van der Waals surface area contributed by atoms with Crippen molar-refractivity contribution in [3.63, 3.8) is 0 Å². The number of allylic oxidation sites excluding steroid dienone is 3. The number of dihydropyridines is 1. The Labute approximate surface area is 205 Å². The van der Waals surface area contributed by atoms with Gasteiger partial charge in [0, 0.05) is 36.1 Å². The number of para-hydroxylation sites is 1. The highest BCUT2D eigenvalue weighted by Crippen LogP contribution is 2.49. The number of ether oxygens (including phenoxy) is 4. The van der Waals surface area contributed by atoms with E-state index in [1.807, 2.05) is 37.3 Å². The number of benzene rings is 2. The fourth-order valence-electron chi connectivity index (χ4n) is 5.02. The van der Waals surface area contributed by atoms with E-state index in [2.05, 4.69) is 17.4 Å². The Morgan fingerprint density at radius 2 is 1.74 bits per heavy atom. The van der Waals surface area contributed by atoms with Crippen molar-refractivity contribution in [1.29, 1.82) is 0 Å². The Hall–Kier alpha value is -3.58. The quantitative estimate of drug-likeness (QED) is 0.449. The number of ketones is 1. The van der Waals surface area contributed by atoms with Crippen molar-refractivity contribution in [1.82, 2.24) is 5.32 Å². The van der Waals surface area contributed by atoms with Crippen molar-refractivity contribution in [2.75, 3.05) is 34.5 Å². The first kappa shape index (κ1) is 24.5. The Kier molecular flexibility index (Phi) is 7.56. The zero-order valence-corrected chi connectivity index (χ0v) is 20.6. The van der Waals surface area contributed by atoms with Crippen LogP contribution in [0.25, 0.3) is 0 Å². The van der Waals surface area contributed by atoms with Gasteiger partial charge < -0.3 is 24.3 Å². The van der Waals surface area contributed by atoms with E-state index in [-0.39, 0.29) is 24.9 Å². The molecule has 184 valence electrons. The van der Waals surface area contributed by atoms with E-state index in [1.165, 1.54) is 0 Å². The van der Waals surface area contributed by atoms with Gasteiger partial charge in [-0.25, -0.2) is 4.79 Å². The van der Waals surface area contributed by atoms with Crippen LogP contribution in [0.5, 0.6) is 11.5 Å². The van der Waals surface area contributed by atoms with Crippen molar-refractivity contribution in [3.05, 3.63) is 82.2 Å². The molecule has 0 saturated carbocycles. The fraction of sp³-hybridized carbons (Fsp3) is 0.357. The molecule has 0 amide bonds. The number of hydrogen-bond acceptors (Lipinski definition) is 7. The van der Waals surface area contributed by atoms with Crippen LogP contribution in [0, 0.1) is 0 Å². The van der Waals surface area contributed by atoms with E-state index in [1.54, 1.807) is 27.4 Å². The standard InChI is InChI=1S/C28H31NO6/c1-17-24(28(31)35-14-13-32-2)25(20-11-8-12-23(33-3)27(20)34-4)26-21(29-17)15-19(16-22(26)30)18-9-6-5-7-10-18/h5-12,19,25,29H,13-16H2,1-4H3/t19-,25+/m0/s1. The number of carbonyl (C=O) groups is 2. The van der Waals surface area contributed by atoms with Crippen molar-refractivity contribution in [3.8, 4) is 11.5 Å². The number of nitrogens with one attached hydrogen (secondary N) is 1. The van der Waals surface area contributed by atoms with E-state index in [0.29, 0.717) is 46.7 Å². The maximum absolute atomic E-state index is 13.7. The molecule has 7 heteroatoms. The van der Waals surface area contributed by atoms with Gasteiger partial charge in [0.15, 0.2) is 17.3 Å². The lowest BCUT2D eigenvalue weighted by Crippen LogP contribution is -2.36. The Morgan fingerprint density at radius 1 is 0.971 bits per heavy atom. The van der Waals surface area contributed by atoms with Crippen LogP contribution in [-0.4, -0.2) is 46.3 Å². The molecule has 2 aromatic carbocycles. The summed E-state index contributed by atoms with van der Waals surface area (Å²) >= 11 is 0. The first-order valence-corrected chi connectivity index (χ1v) is 11.7. The van der Waals surface area contributed by atoms with E-state index < -0.39 is 11.9 Å². The summed E-state index contributed by atoms with van der Waals surface area (Å²) < 4.78 is 21.8. The summed E-state index contributed by atoms with van der Waals surface area (Å²) in [5, 5.41) is 3.37. The number of esters is 1. The lowest BCUT2D eigenvalue weighted by molar-refractivity contribution is -0.140. The second kappa shape index (κ2) is 10.8. The Balaban J connectivity index is 1.83. The highest BCUT2D eigenvalue weighted by molar-refractivity contribution is 6.04. The molecule has 1 heterocycles. The summed E-state index contributed by atoms with van der Waals surface area (Å²) in [6.45, 7) is 2.24. The maximum atomic E-state index is 13.7. The third-order valence-electron chi connectivity index (χ3n) is 6.58. The Morgan fingerprint density at radius 3 is 2.43 bits per heavy atom. The third-order valence-corrected chi connectivity index (χ3v) is 6.58. The van der Waals surface area contributed by atoms with Crippen LogP contribution in [0.3, 0.4) is 0 Å². The average Bonchev–Trinajstić information content (AvgIpc) is 2.87. The van der Waals surface area contributed by atoms with E-state index in [9.17, 15) is 9.59 Å². The summed E-state index contributed by atoms with van der Waals surface area (Å²) in [6, 6.07) is 15.5. The number of methoxy groups -OCH3 is 3. The molecule has 1 aliphatic heterocycles. The smallest absolute Gasteiger partial charge is 0.336 e. The second-order valence-electron chi connectivity index (χ2n) is 8.64. The zero-order chi connectivity index (χ0) is 24.9. The highest BCUT2D eigenvalue weighted by Gasteiger charge is 2.42. The van der Waals surface area contributed by atoms with Crippen LogP contribution in [0.15, 0.2) is 71.1 Å². The first-order chi connectivity index (χ1) is 17.0. The van der Waals surface area contributed by atoms with Crippen LogP contribution < -0.4 is 14.8 Å². The van der Waals surface area contributed by atoms with Crippen LogP contribution in [0.1, 0.15) is 42.7 Å². The SMILES string of the molecule is COCCOC(=O)C1=C(C)NC2=C(C(=O)C[C@@H](c3ccccc3)C2)[C@@H]1c1cccc(OC)c1OC. The lowest BCUT2D eigenvalue weighted by atomic mass is 9.71. The van der Waals surface area contributed by atoms with Gasteiger partial charge in [-0.1, -0.05) is 42.5 Å². The molecule has 1 aliphatic carbocycles. The molecular weight excluding hydrogens is 446 g/mol. The van der Waals surface area contributed by atoms with Gasteiger partial charge in [0.1, 0.15) is 6.61 Å². The lowest BCUT2D eigenvalue weighted by Gasteiger charge is -2.37. The molecule has 7 nitrogen and oxygen atoms in total. The molecule has 0 bridgehead atoms. The van der Waals surface area contributed by atoms with E-state index >= 15 is 0 Å². The molecule has 0 unspecified atom stereocenters. The van der Waals surface area contributed by atoms with Crippen LogP contribution in [0.4, 0.5) is 0 Å². The normalized spacial score (nSPS) is 19.7. The molecule has 2 aliphatic rings. The monoisotopic (exact) mass is 477 g/mol. The number of rotatable bonds is 8. The average molecular weight is 478 g/mol. The van der Waals surface area contributed by atoms with Gasteiger partial charge >= 0.3 is 5.97 Å². The molecule has 4 rings (SSSR count). The summed E-state index contributed by atoms with van der Waals surface area (Å²) in [4.78, 5) is 27.0. The molecule has 0 spiro atoms. The number of Topliss-reactive ketones (excluding diaryl/α,β-unsaturated/α-hetero) is 1. The fourth-order valence-corrected chi connectivity index (χ4v) is 5.02. The largest absolute Gasteiger partial charge is 0.493 e. The van der Waals surface area contributed by atoms with Gasteiger partial charge in [0.25, 0.3) is 0 Å². The molecule has 35 heavy (non-hydrogen) atoms. The van der Waals surface area contributed by atoms with Gasteiger partial charge in [0.2, 0.25) is 0 Å². The van der Waals surface area contributed by atoms with Gasteiger partial charge in [-0.05, 0) is 30.9 Å². The predicted molar refractivity (Wildman–Crippen MR) is 131 cm³/mol. The molecular formula is C28H31NO6. The Bertz CT molecular complexity index is 1170. The van der Waals surface area contributed by atoms with Crippen molar-refractivity contribution >= 4 is 11.8 Å². The van der Waals surface area contributed by atoms with Crippen molar-refractivity contribution < 1.29 is 28.5 Å². The number of carbonyl (C=O) groups excluding carboxylic acids is 2. The number of hydrogen-bond donors (Lipinski definition) is 1. The van der Waals surface area contributed by atoms with Crippen molar-refractivity contribution in [2.45, 2.75) is 31.6 Å². The van der Waals surface area contributed by atoms with Crippen molar-refractivity contribution in [2.24, 2.45) is 0 Å². The summed E-state index contributed by atoms with van der Waals surface area (Å²) in [6.07, 6.45) is 1.02. The third kappa shape index (κ3) is 4.82. The zero-order valence-electron chi connectivity index (χ0n) is 20.6. The predicted octanol–water partition coefficient (Wildman–Crippen LogP) is 4.26. The summed E-state index contributed by atoms with van der Waals surface area (Å²) in [5.41, 5.74) is 4.26. The molecule has 2 atom stereocenters. The summed E-state index contributed by atoms with van der Waals surface area (Å²) in [5.74, 6) is -0.0624. The van der Waals surface area contributed by atoms with Crippen LogP contribution in [0.2, 0.25) is 0 Å². The minimum absolute atomic E-state index is 0.00262. The van der Waals surface area contributed by atoms with Gasteiger partial charge in [-0.3, -0.25) is 4.79 Å². The molecule has 1 N–H and O–H groups in total. The van der Waals surface area contributed by atoms with Crippen LogP contribution >= 0.6 is 0 Å². The van der Waals surface area contributed by atoms with Gasteiger partial charge in [-0.15, -0.1) is 0 Å². The van der Waals surface area contributed by atoms with E-state index in [0.717, 1.165) is 11.3 Å². The van der Waals surface area contributed by atoms with E-state index in [4.69, 9.17) is 18.9 Å². The first-order valence-electron chi connectivity index (χ1n) is 11.7. The second-order valence-corrected chi connectivity index (χ2v) is 8.64. The van der Waals surface area contributed by atoms with Gasteiger partial charge in [-0.2, -0.15) is 0 Å². The van der Waals surface area contributed by atoms with Gasteiger partial charge in [0.05, 0.1) is 32.3 Å².